The van der Waals surface area contributed by atoms with Crippen LogP contribution in [0.25, 0.3) is 0 Å². The first kappa shape index (κ1) is 16.0. The van der Waals surface area contributed by atoms with Crippen LogP contribution in [0.1, 0.15) is 59.3 Å². The molecule has 1 aliphatic carbocycles. The third kappa shape index (κ3) is 6.75. The Morgan fingerprint density at radius 2 is 1.61 bits per heavy atom. The number of hydrogen-bond acceptors (Lipinski definition) is 2. The lowest BCUT2D eigenvalue weighted by Crippen LogP contribution is -2.28. The Morgan fingerprint density at radius 1 is 1.00 bits per heavy atom. The maximum atomic E-state index is 5.84. The molecule has 0 N–H and O–H groups in total. The average molecular weight is 256 g/mol. The van der Waals surface area contributed by atoms with Crippen LogP contribution in [0.15, 0.2) is 0 Å². The average Bonchev–Trinajstić information content (AvgIpc) is 2.36. The summed E-state index contributed by atoms with van der Waals surface area (Å²) < 4.78 is 11.7. The Kier molecular flexibility index (Phi) is 8.70. The molecule has 1 saturated carbocycles. The Bertz CT molecular complexity index is 192. The fraction of sp³-hybridized carbons (Fsp3) is 1.00. The van der Waals surface area contributed by atoms with Gasteiger partial charge in [0.05, 0.1) is 0 Å². The molecule has 2 nitrogen and oxygen atoms in total. The molecule has 1 fully saturated rings. The number of hydrogen-bond donors (Lipinski definition) is 0. The van der Waals surface area contributed by atoms with Crippen LogP contribution >= 0.6 is 0 Å². The molecule has 2 heteroatoms. The van der Waals surface area contributed by atoms with Crippen molar-refractivity contribution < 1.29 is 9.47 Å². The van der Waals surface area contributed by atoms with E-state index in [2.05, 4.69) is 20.8 Å². The van der Waals surface area contributed by atoms with E-state index in [4.69, 9.17) is 9.47 Å². The smallest absolute Gasteiger partial charge is 0.0497 e. The fourth-order valence-electron chi connectivity index (χ4n) is 2.66. The quantitative estimate of drug-likeness (QED) is 0.573. The van der Waals surface area contributed by atoms with Gasteiger partial charge in [0.1, 0.15) is 0 Å². The van der Waals surface area contributed by atoms with E-state index in [9.17, 15) is 0 Å². The number of ether oxygens (including phenoxy) is 2. The third-order valence-electron chi connectivity index (χ3n) is 3.82. The Morgan fingerprint density at radius 3 is 2.17 bits per heavy atom. The first-order chi connectivity index (χ1) is 8.74. The molecule has 18 heavy (non-hydrogen) atoms. The lowest BCUT2D eigenvalue weighted by Gasteiger charge is -2.31. The molecule has 0 aromatic rings. The fourth-order valence-corrected chi connectivity index (χ4v) is 2.66. The van der Waals surface area contributed by atoms with Gasteiger partial charge in [0.15, 0.2) is 0 Å². The van der Waals surface area contributed by atoms with Crippen molar-refractivity contribution in [2.24, 2.45) is 17.8 Å². The topological polar surface area (TPSA) is 18.5 Å². The summed E-state index contributed by atoms with van der Waals surface area (Å²) in [5.41, 5.74) is 0. The molecule has 0 amide bonds. The van der Waals surface area contributed by atoms with Gasteiger partial charge in [0.25, 0.3) is 0 Å². The molecule has 0 aromatic heterocycles. The van der Waals surface area contributed by atoms with Gasteiger partial charge in [0, 0.05) is 26.4 Å². The van der Waals surface area contributed by atoms with Crippen molar-refractivity contribution in [2.75, 3.05) is 26.4 Å². The van der Waals surface area contributed by atoms with Gasteiger partial charge in [-0.25, -0.2) is 0 Å². The Balaban J connectivity index is 2.19. The van der Waals surface area contributed by atoms with Gasteiger partial charge in [-0.05, 0) is 37.0 Å². The minimum Gasteiger partial charge on any atom is -0.381 e. The first-order valence-corrected chi connectivity index (χ1v) is 7.89. The molecule has 1 rings (SSSR count). The standard InChI is InChI=1S/C16H32O2/c1-4-5-10-17-12-15-8-6-7-9-16(15)13-18-11-14(2)3/h14-16H,4-13H2,1-3H3/t15-,16+/m0/s1. The summed E-state index contributed by atoms with van der Waals surface area (Å²) in [4.78, 5) is 0. The van der Waals surface area contributed by atoms with Crippen LogP contribution in [-0.2, 0) is 9.47 Å². The number of unbranched alkanes of at least 4 members (excludes halogenated alkanes) is 1. The Labute approximate surface area is 113 Å². The van der Waals surface area contributed by atoms with E-state index >= 15 is 0 Å². The van der Waals surface area contributed by atoms with Gasteiger partial charge >= 0.3 is 0 Å². The van der Waals surface area contributed by atoms with E-state index < -0.39 is 0 Å². The van der Waals surface area contributed by atoms with Crippen molar-refractivity contribution >= 4 is 0 Å². The van der Waals surface area contributed by atoms with Gasteiger partial charge in [-0.15, -0.1) is 0 Å². The molecule has 0 unspecified atom stereocenters. The first-order valence-electron chi connectivity index (χ1n) is 7.89. The van der Waals surface area contributed by atoms with E-state index in [1.165, 1.54) is 38.5 Å². The molecule has 0 aromatic carbocycles. The SMILES string of the molecule is CCCCOC[C@@H]1CCCC[C@@H]1COCC(C)C. The molecule has 0 spiro atoms. The minimum atomic E-state index is 0.646. The molecule has 108 valence electrons. The lowest BCUT2D eigenvalue weighted by atomic mass is 9.80. The predicted molar refractivity (Wildman–Crippen MR) is 76.8 cm³/mol. The molecular formula is C16H32O2. The zero-order valence-corrected chi connectivity index (χ0v) is 12.6. The molecule has 1 aliphatic rings. The zero-order valence-electron chi connectivity index (χ0n) is 12.6. The van der Waals surface area contributed by atoms with Crippen LogP contribution in [0.2, 0.25) is 0 Å². The highest BCUT2D eigenvalue weighted by atomic mass is 16.5. The highest BCUT2D eigenvalue weighted by Crippen LogP contribution is 2.30. The van der Waals surface area contributed by atoms with Gasteiger partial charge in [-0.1, -0.05) is 40.0 Å². The summed E-state index contributed by atoms with van der Waals surface area (Å²) >= 11 is 0. The van der Waals surface area contributed by atoms with Gasteiger partial charge < -0.3 is 9.47 Å². The van der Waals surface area contributed by atoms with E-state index in [1.54, 1.807) is 0 Å². The van der Waals surface area contributed by atoms with E-state index in [1.807, 2.05) is 0 Å². The maximum Gasteiger partial charge on any atom is 0.0497 e. The lowest BCUT2D eigenvalue weighted by molar-refractivity contribution is 0.00735. The second-order valence-electron chi connectivity index (χ2n) is 6.16. The van der Waals surface area contributed by atoms with Crippen molar-refractivity contribution in [1.29, 1.82) is 0 Å². The van der Waals surface area contributed by atoms with Crippen LogP contribution in [0.3, 0.4) is 0 Å². The van der Waals surface area contributed by atoms with Crippen molar-refractivity contribution in [3.05, 3.63) is 0 Å². The van der Waals surface area contributed by atoms with Crippen LogP contribution in [-0.4, -0.2) is 26.4 Å². The van der Waals surface area contributed by atoms with Crippen molar-refractivity contribution in [3.63, 3.8) is 0 Å². The zero-order chi connectivity index (χ0) is 13.2. The van der Waals surface area contributed by atoms with Gasteiger partial charge in [0.2, 0.25) is 0 Å². The summed E-state index contributed by atoms with van der Waals surface area (Å²) in [6, 6.07) is 0. The highest BCUT2D eigenvalue weighted by Gasteiger charge is 2.25. The second-order valence-corrected chi connectivity index (χ2v) is 6.16. The summed E-state index contributed by atoms with van der Waals surface area (Å²) in [6.07, 6.45) is 7.85. The van der Waals surface area contributed by atoms with Crippen LogP contribution in [0.5, 0.6) is 0 Å². The summed E-state index contributed by atoms with van der Waals surface area (Å²) in [6.45, 7) is 10.4. The third-order valence-corrected chi connectivity index (χ3v) is 3.82. The maximum absolute atomic E-state index is 5.84. The molecule has 0 heterocycles. The van der Waals surface area contributed by atoms with Gasteiger partial charge in [-0.3, -0.25) is 0 Å². The normalized spacial score (nSPS) is 24.7. The molecule has 0 radical (unpaired) electrons. The van der Waals surface area contributed by atoms with E-state index in [0.717, 1.165) is 38.3 Å². The predicted octanol–water partition coefficient (Wildman–Crippen LogP) is 4.28. The monoisotopic (exact) mass is 256 g/mol. The Hall–Kier alpha value is -0.0800. The molecule has 0 saturated heterocycles. The van der Waals surface area contributed by atoms with Crippen LogP contribution < -0.4 is 0 Å². The van der Waals surface area contributed by atoms with Crippen LogP contribution in [0, 0.1) is 17.8 Å². The van der Waals surface area contributed by atoms with Crippen molar-refractivity contribution in [1.82, 2.24) is 0 Å². The minimum absolute atomic E-state index is 0.646. The second kappa shape index (κ2) is 9.80. The molecule has 2 atom stereocenters. The molecular weight excluding hydrogens is 224 g/mol. The molecule has 0 aliphatic heterocycles. The van der Waals surface area contributed by atoms with Crippen molar-refractivity contribution in [2.45, 2.75) is 59.3 Å². The summed E-state index contributed by atoms with van der Waals surface area (Å²) in [5, 5.41) is 0. The molecule has 0 bridgehead atoms. The largest absolute Gasteiger partial charge is 0.381 e. The van der Waals surface area contributed by atoms with Crippen molar-refractivity contribution in [3.8, 4) is 0 Å². The van der Waals surface area contributed by atoms with Crippen LogP contribution in [0.4, 0.5) is 0 Å². The summed E-state index contributed by atoms with van der Waals surface area (Å²) in [7, 11) is 0. The van der Waals surface area contributed by atoms with E-state index in [0.29, 0.717) is 5.92 Å². The summed E-state index contributed by atoms with van der Waals surface area (Å²) in [5.74, 6) is 2.12. The highest BCUT2D eigenvalue weighted by molar-refractivity contribution is 4.75. The van der Waals surface area contributed by atoms with E-state index in [-0.39, 0.29) is 0 Å². The van der Waals surface area contributed by atoms with Gasteiger partial charge in [-0.2, -0.15) is 0 Å². The number of rotatable bonds is 9.